The number of aliphatic imine (C=N–C) groups is 1. The van der Waals surface area contributed by atoms with Crippen LogP contribution in [0.25, 0.3) is 0 Å². The third-order valence-corrected chi connectivity index (χ3v) is 7.60. The summed E-state index contributed by atoms with van der Waals surface area (Å²) in [4.78, 5) is 16.1. The zero-order chi connectivity index (χ0) is 17.8. The van der Waals surface area contributed by atoms with Gasteiger partial charge in [0.1, 0.15) is 0 Å². The van der Waals surface area contributed by atoms with Crippen molar-refractivity contribution in [3.63, 3.8) is 0 Å². The molecule has 2 saturated carbocycles. The van der Waals surface area contributed by atoms with Crippen LogP contribution < -0.4 is 10.6 Å². The van der Waals surface area contributed by atoms with Gasteiger partial charge in [-0.25, -0.2) is 4.79 Å². The highest BCUT2D eigenvalue weighted by Gasteiger charge is 2.68. The molecule has 2 fully saturated rings. The lowest BCUT2D eigenvalue weighted by atomic mass is 9.49. The van der Waals surface area contributed by atoms with E-state index in [9.17, 15) is 9.90 Å². The number of rotatable bonds is 1. The van der Waals surface area contributed by atoms with Crippen molar-refractivity contribution in [3.8, 4) is 11.8 Å². The molecule has 5 heteroatoms. The number of nitrogens with zero attached hydrogens (tertiary/aromatic N) is 1. The van der Waals surface area contributed by atoms with E-state index in [1.807, 2.05) is 0 Å². The number of carboxylic acid groups (broad SMARTS) is 1. The largest absolute Gasteiger partial charge is 0.478 e. The van der Waals surface area contributed by atoms with Gasteiger partial charge in [-0.2, -0.15) is 0 Å². The summed E-state index contributed by atoms with van der Waals surface area (Å²) in [6.45, 7) is 6.10. The molecule has 0 amide bonds. The first-order valence-electron chi connectivity index (χ1n) is 9.32. The van der Waals surface area contributed by atoms with Crippen molar-refractivity contribution in [3.05, 3.63) is 11.1 Å². The second kappa shape index (κ2) is 5.52. The summed E-state index contributed by atoms with van der Waals surface area (Å²) in [7, 11) is 1.78. The standard InChI is InChI=1S/C20H27N3O2/c1-12-9-13-5-4-8-22-18(21-3)23-11-19(2)15(13)10-16-14(17(24)25)6-7-20(12,16)19/h12-13,15H,6-11H2,1-3H3,(H,24,25)(H2,21,22,23). The molecule has 0 aromatic rings. The Bertz CT molecular complexity index is 744. The smallest absolute Gasteiger partial charge is 0.331 e. The van der Waals surface area contributed by atoms with Gasteiger partial charge < -0.3 is 15.7 Å². The van der Waals surface area contributed by atoms with Crippen LogP contribution in [0, 0.1) is 40.4 Å². The number of aliphatic carboxylic acids is 1. The molecule has 4 bridgehead atoms. The summed E-state index contributed by atoms with van der Waals surface area (Å²) in [5.41, 5.74) is 1.92. The van der Waals surface area contributed by atoms with Gasteiger partial charge in [0, 0.05) is 30.5 Å². The van der Waals surface area contributed by atoms with Crippen molar-refractivity contribution in [2.45, 2.75) is 39.5 Å². The van der Waals surface area contributed by atoms with Crippen LogP contribution in [0.1, 0.15) is 39.5 Å². The number of carbonyl (C=O) groups is 1. The van der Waals surface area contributed by atoms with Crippen LogP contribution in [0.2, 0.25) is 0 Å². The fraction of sp³-hybridized carbons (Fsp3) is 0.700. The molecule has 25 heavy (non-hydrogen) atoms. The Balaban J connectivity index is 1.87. The predicted molar refractivity (Wildman–Crippen MR) is 97.0 cm³/mol. The average Bonchev–Trinajstić information content (AvgIpc) is 3.03. The molecule has 4 rings (SSSR count). The minimum absolute atomic E-state index is 0.00534. The number of hydrogen-bond donors (Lipinski definition) is 3. The molecule has 5 atom stereocenters. The van der Waals surface area contributed by atoms with Gasteiger partial charge in [-0.15, -0.1) is 0 Å². The summed E-state index contributed by atoms with van der Waals surface area (Å²) in [6, 6.07) is 0. The van der Waals surface area contributed by atoms with E-state index in [0.717, 1.165) is 31.8 Å². The quantitative estimate of drug-likeness (QED) is 0.638. The lowest BCUT2D eigenvalue weighted by molar-refractivity contribution is -0.132. The van der Waals surface area contributed by atoms with Crippen molar-refractivity contribution in [2.75, 3.05) is 20.1 Å². The van der Waals surface area contributed by atoms with Crippen LogP contribution >= 0.6 is 0 Å². The Kier molecular flexibility index (Phi) is 3.64. The third kappa shape index (κ3) is 2.03. The molecule has 3 N–H and O–H groups in total. The van der Waals surface area contributed by atoms with Gasteiger partial charge in [0.05, 0.1) is 6.54 Å². The Morgan fingerprint density at radius 3 is 2.92 bits per heavy atom. The molecule has 1 spiro atoms. The highest BCUT2D eigenvalue weighted by atomic mass is 16.4. The first kappa shape index (κ1) is 16.5. The molecular formula is C20H27N3O2. The molecule has 5 nitrogen and oxygen atoms in total. The van der Waals surface area contributed by atoms with Crippen molar-refractivity contribution in [2.24, 2.45) is 33.6 Å². The molecule has 3 aliphatic carbocycles. The Morgan fingerprint density at radius 1 is 1.40 bits per heavy atom. The molecule has 5 unspecified atom stereocenters. The van der Waals surface area contributed by atoms with Gasteiger partial charge in [-0.3, -0.25) is 4.99 Å². The Labute approximate surface area is 149 Å². The summed E-state index contributed by atoms with van der Waals surface area (Å²) >= 11 is 0. The van der Waals surface area contributed by atoms with E-state index in [4.69, 9.17) is 0 Å². The minimum atomic E-state index is -0.716. The maximum atomic E-state index is 11.8. The van der Waals surface area contributed by atoms with Gasteiger partial charge >= 0.3 is 5.97 Å². The van der Waals surface area contributed by atoms with E-state index < -0.39 is 5.97 Å². The van der Waals surface area contributed by atoms with Crippen molar-refractivity contribution >= 4 is 11.9 Å². The molecule has 0 radical (unpaired) electrons. The van der Waals surface area contributed by atoms with E-state index in [-0.39, 0.29) is 10.8 Å². The van der Waals surface area contributed by atoms with E-state index in [2.05, 4.69) is 41.3 Å². The van der Waals surface area contributed by atoms with Crippen molar-refractivity contribution in [1.29, 1.82) is 0 Å². The molecular weight excluding hydrogens is 314 g/mol. The van der Waals surface area contributed by atoms with E-state index >= 15 is 0 Å². The van der Waals surface area contributed by atoms with Gasteiger partial charge in [-0.05, 0) is 42.9 Å². The maximum absolute atomic E-state index is 11.8. The molecule has 0 aromatic carbocycles. The number of carboxylic acids is 1. The van der Waals surface area contributed by atoms with Crippen LogP contribution in [0.3, 0.4) is 0 Å². The second-order valence-corrected chi connectivity index (χ2v) is 8.31. The lowest BCUT2D eigenvalue weighted by Crippen LogP contribution is -2.56. The minimum Gasteiger partial charge on any atom is -0.478 e. The van der Waals surface area contributed by atoms with Crippen LogP contribution in [0.5, 0.6) is 0 Å². The third-order valence-electron chi connectivity index (χ3n) is 7.60. The average molecular weight is 341 g/mol. The van der Waals surface area contributed by atoms with Crippen LogP contribution in [-0.4, -0.2) is 37.2 Å². The summed E-state index contributed by atoms with van der Waals surface area (Å²) in [6.07, 6.45) is 3.65. The van der Waals surface area contributed by atoms with E-state index in [0.29, 0.717) is 36.3 Å². The molecule has 4 aliphatic rings. The predicted octanol–water partition coefficient (Wildman–Crippen LogP) is 2.01. The second-order valence-electron chi connectivity index (χ2n) is 8.31. The summed E-state index contributed by atoms with van der Waals surface area (Å²) in [5, 5.41) is 16.5. The van der Waals surface area contributed by atoms with Crippen molar-refractivity contribution in [1.82, 2.24) is 10.6 Å². The summed E-state index contributed by atoms with van der Waals surface area (Å²) in [5.74, 6) is 8.09. The van der Waals surface area contributed by atoms with Gasteiger partial charge in [0.15, 0.2) is 5.96 Å². The molecule has 0 aromatic heterocycles. The number of guanidine groups is 1. The number of allylic oxidation sites excluding steroid dienone is 1. The number of hydrogen-bond acceptors (Lipinski definition) is 2. The van der Waals surface area contributed by atoms with E-state index in [1.165, 1.54) is 5.57 Å². The SMILES string of the molecule is CN=C1NCC#CC2CC(C)C34CCC(C(=O)O)=C3CC2C4(C)CN1. The van der Waals surface area contributed by atoms with E-state index in [1.54, 1.807) is 7.05 Å². The first-order valence-corrected chi connectivity index (χ1v) is 9.32. The van der Waals surface area contributed by atoms with Crippen molar-refractivity contribution < 1.29 is 9.90 Å². The van der Waals surface area contributed by atoms with Crippen LogP contribution in [-0.2, 0) is 4.79 Å². The first-order chi connectivity index (χ1) is 11.9. The molecule has 1 heterocycles. The zero-order valence-corrected chi connectivity index (χ0v) is 15.3. The van der Waals surface area contributed by atoms with Crippen LogP contribution in [0.4, 0.5) is 0 Å². The van der Waals surface area contributed by atoms with Crippen LogP contribution in [0.15, 0.2) is 16.1 Å². The molecule has 134 valence electrons. The lowest BCUT2D eigenvalue weighted by Gasteiger charge is -2.55. The maximum Gasteiger partial charge on any atom is 0.331 e. The normalized spacial score (nSPS) is 43.6. The highest BCUT2D eigenvalue weighted by Crippen LogP contribution is 2.73. The fourth-order valence-corrected chi connectivity index (χ4v) is 6.53. The molecule has 1 aliphatic heterocycles. The fourth-order valence-electron chi connectivity index (χ4n) is 6.53. The highest BCUT2D eigenvalue weighted by molar-refractivity contribution is 5.89. The Hall–Kier alpha value is -1.96. The monoisotopic (exact) mass is 341 g/mol. The zero-order valence-electron chi connectivity index (χ0n) is 15.3. The Morgan fingerprint density at radius 2 is 2.20 bits per heavy atom. The molecule has 0 saturated heterocycles. The van der Waals surface area contributed by atoms with Gasteiger partial charge in [-0.1, -0.05) is 31.3 Å². The number of nitrogens with one attached hydrogen (secondary N) is 2. The van der Waals surface area contributed by atoms with Gasteiger partial charge in [0.2, 0.25) is 0 Å². The topological polar surface area (TPSA) is 73.7 Å². The van der Waals surface area contributed by atoms with Gasteiger partial charge in [0.25, 0.3) is 0 Å². The summed E-state index contributed by atoms with van der Waals surface area (Å²) < 4.78 is 0.